The van der Waals surface area contributed by atoms with Gasteiger partial charge in [-0.25, -0.2) is 4.79 Å². The van der Waals surface area contributed by atoms with Crippen LogP contribution in [0.15, 0.2) is 66.7 Å². The Morgan fingerprint density at radius 3 is 2.44 bits per heavy atom. The number of rotatable bonds is 7. The Morgan fingerprint density at radius 2 is 1.67 bits per heavy atom. The van der Waals surface area contributed by atoms with E-state index in [4.69, 9.17) is 4.74 Å². The molecule has 3 rings (SSSR count). The number of ether oxygens (including phenoxy) is 1. The lowest BCUT2D eigenvalue weighted by Crippen LogP contribution is -2.14. The summed E-state index contributed by atoms with van der Waals surface area (Å²) in [6, 6.07) is 20.8. The van der Waals surface area contributed by atoms with Crippen molar-refractivity contribution < 1.29 is 14.3 Å². The topological polar surface area (TPSA) is 55.4 Å². The zero-order chi connectivity index (χ0) is 19.1. The van der Waals surface area contributed by atoms with Gasteiger partial charge in [-0.2, -0.15) is 0 Å². The van der Waals surface area contributed by atoms with E-state index in [9.17, 15) is 9.59 Å². The summed E-state index contributed by atoms with van der Waals surface area (Å²) in [7, 11) is 0. The number of esters is 1. The van der Waals surface area contributed by atoms with Crippen LogP contribution < -0.4 is 5.32 Å². The Morgan fingerprint density at radius 1 is 0.926 bits per heavy atom. The number of carbonyl (C=O) groups is 2. The first-order valence-electron chi connectivity index (χ1n) is 9.21. The minimum Gasteiger partial charge on any atom is -0.462 e. The Hall–Kier alpha value is -3.14. The third-order valence-corrected chi connectivity index (χ3v) is 4.37. The standard InChI is InChI=1S/C23H23NO3/c1-2-3-15-27-23(26)18-11-13-20(14-12-18)24-22(25)16-19-9-6-8-17-7-4-5-10-21(17)19/h4-14H,2-3,15-16H2,1H3,(H,24,25). The van der Waals surface area contributed by atoms with Crippen LogP contribution in [0.5, 0.6) is 0 Å². The van der Waals surface area contributed by atoms with Gasteiger partial charge in [0, 0.05) is 5.69 Å². The van der Waals surface area contributed by atoms with Crippen molar-refractivity contribution in [2.24, 2.45) is 0 Å². The Kier molecular flexibility index (Phi) is 6.21. The van der Waals surface area contributed by atoms with Crippen LogP contribution in [0, 0.1) is 0 Å². The first kappa shape index (κ1) is 18.6. The largest absolute Gasteiger partial charge is 0.462 e. The quantitative estimate of drug-likeness (QED) is 0.477. The average molecular weight is 361 g/mol. The summed E-state index contributed by atoms with van der Waals surface area (Å²) in [6.45, 7) is 2.47. The lowest BCUT2D eigenvalue weighted by molar-refractivity contribution is -0.115. The average Bonchev–Trinajstić information content (AvgIpc) is 2.69. The van der Waals surface area contributed by atoms with E-state index < -0.39 is 0 Å². The van der Waals surface area contributed by atoms with Crippen molar-refractivity contribution in [1.29, 1.82) is 0 Å². The van der Waals surface area contributed by atoms with Gasteiger partial charge < -0.3 is 10.1 Å². The predicted molar refractivity (Wildman–Crippen MR) is 108 cm³/mol. The van der Waals surface area contributed by atoms with Crippen molar-refractivity contribution in [1.82, 2.24) is 0 Å². The maximum absolute atomic E-state index is 12.4. The van der Waals surface area contributed by atoms with Gasteiger partial charge in [0.1, 0.15) is 0 Å². The minimum absolute atomic E-state index is 0.0929. The number of amides is 1. The molecule has 0 heterocycles. The summed E-state index contributed by atoms with van der Waals surface area (Å²) in [5.41, 5.74) is 2.13. The van der Waals surface area contributed by atoms with E-state index in [1.807, 2.05) is 49.4 Å². The summed E-state index contributed by atoms with van der Waals surface area (Å²) >= 11 is 0. The molecule has 0 unspecified atom stereocenters. The van der Waals surface area contributed by atoms with Gasteiger partial charge in [0.2, 0.25) is 5.91 Å². The van der Waals surface area contributed by atoms with Gasteiger partial charge >= 0.3 is 5.97 Å². The smallest absolute Gasteiger partial charge is 0.338 e. The highest BCUT2D eigenvalue weighted by atomic mass is 16.5. The van der Waals surface area contributed by atoms with Crippen LogP contribution in [0.2, 0.25) is 0 Å². The van der Waals surface area contributed by atoms with E-state index in [2.05, 4.69) is 5.32 Å². The third-order valence-electron chi connectivity index (χ3n) is 4.37. The molecule has 138 valence electrons. The Labute approximate surface area is 159 Å². The normalized spacial score (nSPS) is 10.6. The van der Waals surface area contributed by atoms with Crippen molar-refractivity contribution in [3.05, 3.63) is 77.9 Å². The second-order valence-corrected chi connectivity index (χ2v) is 6.43. The van der Waals surface area contributed by atoms with Crippen molar-refractivity contribution in [2.45, 2.75) is 26.2 Å². The summed E-state index contributed by atoms with van der Waals surface area (Å²) in [4.78, 5) is 24.3. The molecule has 0 aliphatic rings. The molecular weight excluding hydrogens is 338 g/mol. The number of carbonyl (C=O) groups excluding carboxylic acids is 2. The van der Waals surface area contributed by atoms with Crippen molar-refractivity contribution in [2.75, 3.05) is 11.9 Å². The van der Waals surface area contributed by atoms with E-state index in [-0.39, 0.29) is 11.9 Å². The maximum Gasteiger partial charge on any atom is 0.338 e. The summed E-state index contributed by atoms with van der Waals surface area (Å²) in [5, 5.41) is 5.09. The van der Waals surface area contributed by atoms with E-state index in [1.54, 1.807) is 24.3 Å². The van der Waals surface area contributed by atoms with Gasteiger partial charge in [0.15, 0.2) is 0 Å². The van der Waals surface area contributed by atoms with Gasteiger partial charge in [-0.15, -0.1) is 0 Å². The zero-order valence-electron chi connectivity index (χ0n) is 15.4. The van der Waals surface area contributed by atoms with Gasteiger partial charge in [-0.1, -0.05) is 55.8 Å². The highest BCUT2D eigenvalue weighted by molar-refractivity contribution is 5.96. The van der Waals surface area contributed by atoms with Crippen LogP contribution in [-0.2, 0) is 16.0 Å². The number of fused-ring (bicyclic) bond motifs is 1. The molecule has 0 aliphatic carbocycles. The minimum atomic E-state index is -0.336. The number of hydrogen-bond donors (Lipinski definition) is 1. The fourth-order valence-electron chi connectivity index (χ4n) is 2.91. The molecule has 4 heteroatoms. The second kappa shape index (κ2) is 8.99. The van der Waals surface area contributed by atoms with E-state index in [0.717, 1.165) is 29.2 Å². The highest BCUT2D eigenvalue weighted by Gasteiger charge is 2.09. The summed E-state index contributed by atoms with van der Waals surface area (Å²) < 4.78 is 5.18. The second-order valence-electron chi connectivity index (χ2n) is 6.43. The number of hydrogen-bond acceptors (Lipinski definition) is 3. The molecule has 27 heavy (non-hydrogen) atoms. The van der Waals surface area contributed by atoms with Crippen LogP contribution in [0.4, 0.5) is 5.69 Å². The fraction of sp³-hybridized carbons (Fsp3) is 0.217. The number of nitrogens with one attached hydrogen (secondary N) is 1. The predicted octanol–water partition coefficient (Wildman–Crippen LogP) is 4.98. The SMILES string of the molecule is CCCCOC(=O)c1ccc(NC(=O)Cc2cccc3ccccc23)cc1. The summed E-state index contributed by atoms with van der Waals surface area (Å²) in [6.07, 6.45) is 2.13. The van der Waals surface area contributed by atoms with E-state index in [1.165, 1.54) is 0 Å². The summed E-state index contributed by atoms with van der Waals surface area (Å²) in [5.74, 6) is -0.429. The molecule has 1 amide bonds. The molecule has 0 bridgehead atoms. The molecule has 0 saturated carbocycles. The molecule has 3 aromatic carbocycles. The van der Waals surface area contributed by atoms with Gasteiger partial charge in [-0.05, 0) is 47.0 Å². The van der Waals surface area contributed by atoms with Crippen LogP contribution >= 0.6 is 0 Å². The Balaban J connectivity index is 1.61. The molecule has 0 radical (unpaired) electrons. The molecule has 0 fully saturated rings. The molecule has 0 aliphatic heterocycles. The number of benzene rings is 3. The van der Waals surface area contributed by atoms with Crippen molar-refractivity contribution >= 4 is 28.3 Å². The first-order valence-corrected chi connectivity index (χ1v) is 9.21. The molecule has 4 nitrogen and oxygen atoms in total. The lowest BCUT2D eigenvalue weighted by atomic mass is 10.0. The van der Waals surface area contributed by atoms with Gasteiger partial charge in [0.05, 0.1) is 18.6 Å². The highest BCUT2D eigenvalue weighted by Crippen LogP contribution is 2.19. The lowest BCUT2D eigenvalue weighted by Gasteiger charge is -2.09. The van der Waals surface area contributed by atoms with Crippen LogP contribution in [0.3, 0.4) is 0 Å². The molecule has 0 aromatic heterocycles. The maximum atomic E-state index is 12.4. The van der Waals surface area contributed by atoms with Gasteiger partial charge in [0.25, 0.3) is 0 Å². The fourth-order valence-corrected chi connectivity index (χ4v) is 2.91. The van der Waals surface area contributed by atoms with Crippen LogP contribution in [0.1, 0.15) is 35.7 Å². The Bertz CT molecular complexity index is 927. The van der Waals surface area contributed by atoms with Crippen LogP contribution in [-0.4, -0.2) is 18.5 Å². The molecular formula is C23H23NO3. The van der Waals surface area contributed by atoms with Crippen LogP contribution in [0.25, 0.3) is 10.8 Å². The molecule has 0 saturated heterocycles. The molecule has 0 spiro atoms. The van der Waals surface area contributed by atoms with Crippen molar-refractivity contribution in [3.8, 4) is 0 Å². The molecule has 1 N–H and O–H groups in total. The molecule has 3 aromatic rings. The monoisotopic (exact) mass is 361 g/mol. The van der Waals surface area contributed by atoms with Crippen molar-refractivity contribution in [3.63, 3.8) is 0 Å². The van der Waals surface area contributed by atoms with E-state index >= 15 is 0 Å². The number of anilines is 1. The number of unbranched alkanes of at least 4 members (excludes halogenated alkanes) is 1. The molecule has 0 atom stereocenters. The third kappa shape index (κ3) is 4.94. The first-order chi connectivity index (χ1) is 13.2. The van der Waals surface area contributed by atoms with Gasteiger partial charge in [-0.3, -0.25) is 4.79 Å². The van der Waals surface area contributed by atoms with E-state index in [0.29, 0.717) is 24.3 Å². The zero-order valence-corrected chi connectivity index (χ0v) is 15.4.